The van der Waals surface area contributed by atoms with Gasteiger partial charge in [-0.15, -0.1) is 11.3 Å². The van der Waals surface area contributed by atoms with Crippen molar-refractivity contribution in [3.05, 3.63) is 65.5 Å². The Bertz CT molecular complexity index is 1300. The van der Waals surface area contributed by atoms with E-state index in [1.807, 2.05) is 49.6 Å². The number of carbonyl (C=O) groups excluding carboxylic acids is 2. The molecule has 1 aliphatic heterocycles. The third kappa shape index (κ3) is 6.14. The van der Waals surface area contributed by atoms with Crippen LogP contribution in [0.3, 0.4) is 0 Å². The quantitative estimate of drug-likeness (QED) is 0.473. The van der Waals surface area contributed by atoms with Crippen molar-refractivity contribution < 1.29 is 22.7 Å². The first-order chi connectivity index (χ1) is 16.7. The molecular weight excluding hydrogens is 486 g/mol. The van der Waals surface area contributed by atoms with Crippen LogP contribution < -0.4 is 5.32 Å². The molecule has 2 heterocycles. The number of piperidine rings is 1. The second-order valence-electron chi connectivity index (χ2n) is 8.82. The number of benzene rings is 2. The van der Waals surface area contributed by atoms with Crippen LogP contribution in [-0.2, 0) is 19.6 Å². The van der Waals surface area contributed by atoms with Gasteiger partial charge in [-0.1, -0.05) is 50.2 Å². The van der Waals surface area contributed by atoms with Crippen molar-refractivity contribution in [1.82, 2.24) is 9.29 Å². The topological polar surface area (TPSA) is 106 Å². The fourth-order valence-corrected chi connectivity index (χ4v) is 6.64. The number of carbonyl (C=O) groups is 2. The third-order valence-corrected chi connectivity index (χ3v) is 8.28. The standard InChI is InChI=1S/C25H27N3O5S2/c1-17-11-18(2)14-28(13-17)35(31,32)21-10-6-9-20(12-21)24(30)33-15-23(29)27-25-26-22(16-34-25)19-7-4-3-5-8-19/h3-10,12,16-18H,11,13-15H2,1-2H3,(H,26,27,29). The number of amides is 1. The normalized spacial score (nSPS) is 18.7. The zero-order valence-electron chi connectivity index (χ0n) is 19.5. The van der Waals surface area contributed by atoms with Crippen molar-refractivity contribution in [2.45, 2.75) is 25.2 Å². The maximum Gasteiger partial charge on any atom is 0.338 e. The molecule has 1 aliphatic rings. The molecule has 4 rings (SSSR count). The summed E-state index contributed by atoms with van der Waals surface area (Å²) in [5, 5.41) is 4.83. The lowest BCUT2D eigenvalue weighted by Crippen LogP contribution is -2.42. The Labute approximate surface area is 209 Å². The molecule has 8 nitrogen and oxygen atoms in total. The Morgan fingerprint density at radius 1 is 1.09 bits per heavy atom. The van der Waals surface area contributed by atoms with E-state index in [2.05, 4.69) is 10.3 Å². The van der Waals surface area contributed by atoms with Gasteiger partial charge >= 0.3 is 5.97 Å². The molecule has 0 bridgehead atoms. The molecule has 2 atom stereocenters. The number of esters is 1. The fraction of sp³-hybridized carbons (Fsp3) is 0.320. The average Bonchev–Trinajstić information content (AvgIpc) is 3.31. The molecule has 2 unspecified atom stereocenters. The lowest BCUT2D eigenvalue weighted by atomic mass is 9.94. The first-order valence-corrected chi connectivity index (χ1v) is 13.6. The van der Waals surface area contributed by atoms with Gasteiger partial charge in [0, 0.05) is 24.0 Å². The van der Waals surface area contributed by atoms with Gasteiger partial charge in [-0.25, -0.2) is 18.2 Å². The van der Waals surface area contributed by atoms with Gasteiger partial charge in [-0.05, 0) is 36.5 Å². The van der Waals surface area contributed by atoms with E-state index in [9.17, 15) is 18.0 Å². The molecule has 1 amide bonds. The molecule has 0 spiro atoms. The minimum atomic E-state index is -3.74. The van der Waals surface area contributed by atoms with Gasteiger partial charge < -0.3 is 4.74 Å². The van der Waals surface area contributed by atoms with Crippen LogP contribution in [0.2, 0.25) is 0 Å². The molecule has 2 aromatic carbocycles. The fourth-order valence-electron chi connectivity index (χ4n) is 4.18. The van der Waals surface area contributed by atoms with E-state index in [0.717, 1.165) is 17.7 Å². The zero-order valence-corrected chi connectivity index (χ0v) is 21.1. The summed E-state index contributed by atoms with van der Waals surface area (Å²) in [6.45, 7) is 4.45. The van der Waals surface area contributed by atoms with Crippen molar-refractivity contribution in [2.24, 2.45) is 11.8 Å². The molecule has 1 N–H and O–H groups in total. The van der Waals surface area contributed by atoms with Gasteiger partial charge in [-0.3, -0.25) is 10.1 Å². The highest BCUT2D eigenvalue weighted by Gasteiger charge is 2.32. The highest BCUT2D eigenvalue weighted by Crippen LogP contribution is 2.27. The van der Waals surface area contributed by atoms with E-state index in [1.54, 1.807) is 0 Å². The lowest BCUT2D eigenvalue weighted by Gasteiger charge is -2.34. The van der Waals surface area contributed by atoms with E-state index < -0.39 is 28.5 Å². The van der Waals surface area contributed by atoms with E-state index >= 15 is 0 Å². The third-order valence-electron chi connectivity index (χ3n) is 5.70. The number of hydrogen-bond donors (Lipinski definition) is 1. The van der Waals surface area contributed by atoms with Gasteiger partial charge in [-0.2, -0.15) is 4.31 Å². The number of rotatable bonds is 7. The lowest BCUT2D eigenvalue weighted by molar-refractivity contribution is -0.119. The number of aromatic nitrogens is 1. The Kier molecular flexibility index (Phi) is 7.63. The minimum Gasteiger partial charge on any atom is -0.452 e. The number of nitrogens with one attached hydrogen (secondary N) is 1. The molecule has 3 aromatic rings. The van der Waals surface area contributed by atoms with Gasteiger partial charge in [0.2, 0.25) is 10.0 Å². The average molecular weight is 514 g/mol. The van der Waals surface area contributed by atoms with Crippen LogP contribution in [0.5, 0.6) is 0 Å². The Hall–Kier alpha value is -3.08. The minimum absolute atomic E-state index is 0.0360. The molecule has 1 saturated heterocycles. The van der Waals surface area contributed by atoms with E-state index in [1.165, 1.54) is 39.9 Å². The summed E-state index contributed by atoms with van der Waals surface area (Å²) in [5.41, 5.74) is 1.73. The smallest absolute Gasteiger partial charge is 0.338 e. The number of nitrogens with zero attached hydrogens (tertiary/aromatic N) is 2. The van der Waals surface area contributed by atoms with Crippen LogP contribution >= 0.6 is 11.3 Å². The van der Waals surface area contributed by atoms with Crippen molar-refractivity contribution in [3.8, 4) is 11.3 Å². The highest BCUT2D eigenvalue weighted by atomic mass is 32.2. The predicted molar refractivity (Wildman–Crippen MR) is 135 cm³/mol. The Balaban J connectivity index is 1.36. The monoisotopic (exact) mass is 513 g/mol. The van der Waals surface area contributed by atoms with E-state index in [4.69, 9.17) is 4.74 Å². The first kappa shape index (κ1) is 25.0. The highest BCUT2D eigenvalue weighted by molar-refractivity contribution is 7.89. The van der Waals surface area contributed by atoms with Gasteiger partial charge in [0.05, 0.1) is 16.2 Å². The van der Waals surface area contributed by atoms with Crippen LogP contribution in [0, 0.1) is 11.8 Å². The summed E-state index contributed by atoms with van der Waals surface area (Å²) in [5.74, 6) is -0.780. The first-order valence-electron chi connectivity index (χ1n) is 11.3. The molecule has 0 radical (unpaired) electrons. The molecule has 10 heteroatoms. The van der Waals surface area contributed by atoms with E-state index in [0.29, 0.717) is 18.2 Å². The van der Waals surface area contributed by atoms with Crippen molar-refractivity contribution in [2.75, 3.05) is 25.0 Å². The second kappa shape index (κ2) is 10.7. The summed E-state index contributed by atoms with van der Waals surface area (Å²) in [7, 11) is -3.74. The molecule has 184 valence electrons. The summed E-state index contributed by atoms with van der Waals surface area (Å²) in [6.07, 6.45) is 0.981. The predicted octanol–water partition coefficient (Wildman–Crippen LogP) is 4.27. The van der Waals surface area contributed by atoms with Crippen molar-refractivity contribution >= 4 is 38.4 Å². The summed E-state index contributed by atoms with van der Waals surface area (Å²) in [4.78, 5) is 29.2. The largest absolute Gasteiger partial charge is 0.452 e. The maximum atomic E-state index is 13.1. The van der Waals surface area contributed by atoms with Crippen LogP contribution in [0.15, 0.2) is 64.9 Å². The SMILES string of the molecule is CC1CC(C)CN(S(=O)(=O)c2cccc(C(=O)OCC(=O)Nc3nc(-c4ccccc4)cs3)c2)C1. The van der Waals surface area contributed by atoms with Crippen LogP contribution in [0.1, 0.15) is 30.6 Å². The number of hydrogen-bond acceptors (Lipinski definition) is 7. The molecule has 1 fully saturated rings. The second-order valence-corrected chi connectivity index (χ2v) is 11.6. The summed E-state index contributed by atoms with van der Waals surface area (Å²) < 4.78 is 32.9. The Morgan fingerprint density at radius 3 is 2.51 bits per heavy atom. The summed E-state index contributed by atoms with van der Waals surface area (Å²) in [6, 6.07) is 15.3. The number of ether oxygens (including phenoxy) is 1. The van der Waals surface area contributed by atoms with Crippen molar-refractivity contribution in [3.63, 3.8) is 0 Å². The van der Waals surface area contributed by atoms with Gasteiger partial charge in [0.15, 0.2) is 11.7 Å². The van der Waals surface area contributed by atoms with Crippen LogP contribution in [-0.4, -0.2) is 49.3 Å². The number of thiazole rings is 1. The molecule has 0 aliphatic carbocycles. The van der Waals surface area contributed by atoms with Gasteiger partial charge in [0.1, 0.15) is 0 Å². The molecular formula is C25H27N3O5S2. The van der Waals surface area contributed by atoms with E-state index in [-0.39, 0.29) is 22.3 Å². The Morgan fingerprint density at radius 2 is 1.80 bits per heavy atom. The number of sulfonamides is 1. The molecule has 1 aromatic heterocycles. The summed E-state index contributed by atoms with van der Waals surface area (Å²) >= 11 is 1.27. The zero-order chi connectivity index (χ0) is 25.0. The van der Waals surface area contributed by atoms with Gasteiger partial charge in [0.25, 0.3) is 5.91 Å². The van der Waals surface area contributed by atoms with Crippen molar-refractivity contribution in [1.29, 1.82) is 0 Å². The maximum absolute atomic E-state index is 13.1. The molecule has 0 saturated carbocycles. The van der Waals surface area contributed by atoms with Crippen LogP contribution in [0.4, 0.5) is 5.13 Å². The number of anilines is 1. The van der Waals surface area contributed by atoms with Crippen LogP contribution in [0.25, 0.3) is 11.3 Å². The molecule has 35 heavy (non-hydrogen) atoms.